The van der Waals surface area contributed by atoms with E-state index in [4.69, 9.17) is 9.47 Å². The average molecular weight is 374 g/mol. The predicted molar refractivity (Wildman–Crippen MR) is 109 cm³/mol. The summed E-state index contributed by atoms with van der Waals surface area (Å²) in [5, 5.41) is 10.9. The maximum atomic E-state index is 5.36. The first-order valence-electron chi connectivity index (χ1n) is 9.36. The van der Waals surface area contributed by atoms with Crippen LogP contribution in [0.3, 0.4) is 0 Å². The Morgan fingerprint density at radius 3 is 2.59 bits per heavy atom. The minimum absolute atomic E-state index is 0.748. The molecule has 2 rings (SSSR count). The molecule has 1 aromatic heterocycles. The van der Waals surface area contributed by atoms with Crippen LogP contribution in [0.25, 0.3) is 0 Å². The van der Waals surface area contributed by atoms with Gasteiger partial charge >= 0.3 is 0 Å². The van der Waals surface area contributed by atoms with Gasteiger partial charge in [0.1, 0.15) is 0 Å². The van der Waals surface area contributed by atoms with Crippen LogP contribution >= 0.6 is 0 Å². The van der Waals surface area contributed by atoms with E-state index in [-0.39, 0.29) is 0 Å². The number of aliphatic imine (C=N–C) groups is 1. The highest BCUT2D eigenvalue weighted by molar-refractivity contribution is 5.79. The molecule has 0 saturated heterocycles. The molecule has 7 nitrogen and oxygen atoms in total. The van der Waals surface area contributed by atoms with E-state index in [1.807, 2.05) is 30.1 Å². The number of nitrogens with one attached hydrogen (secondary N) is 2. The lowest BCUT2D eigenvalue weighted by Gasteiger charge is -2.12. The van der Waals surface area contributed by atoms with Crippen LogP contribution in [0.2, 0.25) is 0 Å². The molecular weight excluding hydrogens is 342 g/mol. The average Bonchev–Trinajstić information content (AvgIpc) is 3.10. The number of hydrogen-bond acceptors (Lipinski definition) is 4. The van der Waals surface area contributed by atoms with E-state index in [0.29, 0.717) is 0 Å². The first-order chi connectivity index (χ1) is 13.2. The largest absolute Gasteiger partial charge is 0.493 e. The standard InChI is InChI=1S/C20H31N5O2/c1-5-21-20(22-11-6-7-17-14-24-25(2)15-17)23-12-10-16-8-9-18(26-3)19(13-16)27-4/h8-9,13-15H,5-7,10-12H2,1-4H3,(H2,21,22,23). The van der Waals surface area contributed by atoms with E-state index in [9.17, 15) is 0 Å². The monoisotopic (exact) mass is 373 g/mol. The second-order valence-corrected chi connectivity index (χ2v) is 6.25. The van der Waals surface area contributed by atoms with Crippen molar-refractivity contribution in [2.45, 2.75) is 26.2 Å². The van der Waals surface area contributed by atoms with Crippen LogP contribution in [0.1, 0.15) is 24.5 Å². The van der Waals surface area contributed by atoms with Crippen molar-refractivity contribution in [3.05, 3.63) is 41.7 Å². The van der Waals surface area contributed by atoms with Crippen molar-refractivity contribution in [2.24, 2.45) is 12.0 Å². The molecule has 1 heterocycles. The van der Waals surface area contributed by atoms with Crippen molar-refractivity contribution in [3.8, 4) is 11.5 Å². The highest BCUT2D eigenvalue weighted by Gasteiger charge is 2.05. The Bertz CT molecular complexity index is 727. The van der Waals surface area contributed by atoms with Gasteiger partial charge in [0.2, 0.25) is 0 Å². The van der Waals surface area contributed by atoms with Crippen LogP contribution in [-0.4, -0.2) is 49.6 Å². The zero-order valence-corrected chi connectivity index (χ0v) is 16.8. The molecular formula is C20H31N5O2. The van der Waals surface area contributed by atoms with Gasteiger partial charge in [-0.3, -0.25) is 9.67 Å². The summed E-state index contributed by atoms with van der Waals surface area (Å²) in [4.78, 5) is 4.65. The summed E-state index contributed by atoms with van der Waals surface area (Å²) in [6.45, 7) is 4.48. The molecule has 0 unspecified atom stereocenters. The predicted octanol–water partition coefficient (Wildman–Crippen LogP) is 2.17. The fourth-order valence-electron chi connectivity index (χ4n) is 2.78. The first-order valence-corrected chi connectivity index (χ1v) is 9.36. The highest BCUT2D eigenvalue weighted by Crippen LogP contribution is 2.27. The molecule has 2 aromatic rings. The lowest BCUT2D eigenvalue weighted by molar-refractivity contribution is 0.354. The molecule has 0 radical (unpaired) electrons. The quantitative estimate of drug-likeness (QED) is 0.379. The number of ether oxygens (including phenoxy) is 2. The molecule has 2 N–H and O–H groups in total. The zero-order valence-electron chi connectivity index (χ0n) is 16.8. The van der Waals surface area contributed by atoms with E-state index < -0.39 is 0 Å². The van der Waals surface area contributed by atoms with Gasteiger partial charge in [-0.1, -0.05) is 6.07 Å². The minimum atomic E-state index is 0.748. The Morgan fingerprint density at radius 2 is 1.93 bits per heavy atom. The minimum Gasteiger partial charge on any atom is -0.493 e. The van der Waals surface area contributed by atoms with Gasteiger partial charge in [0.25, 0.3) is 0 Å². The van der Waals surface area contributed by atoms with Gasteiger partial charge in [0, 0.05) is 32.9 Å². The third-order valence-corrected chi connectivity index (χ3v) is 4.15. The number of hydrogen-bond donors (Lipinski definition) is 2. The van der Waals surface area contributed by atoms with Gasteiger partial charge in [0.15, 0.2) is 17.5 Å². The summed E-state index contributed by atoms with van der Waals surface area (Å²) in [5.41, 5.74) is 2.44. The smallest absolute Gasteiger partial charge is 0.191 e. The van der Waals surface area contributed by atoms with E-state index in [1.165, 1.54) is 11.1 Å². The Hall–Kier alpha value is -2.70. The van der Waals surface area contributed by atoms with Crippen molar-refractivity contribution in [3.63, 3.8) is 0 Å². The van der Waals surface area contributed by atoms with Crippen molar-refractivity contribution in [1.29, 1.82) is 0 Å². The fourth-order valence-corrected chi connectivity index (χ4v) is 2.78. The maximum absolute atomic E-state index is 5.36. The second kappa shape index (κ2) is 11.1. The topological polar surface area (TPSA) is 72.7 Å². The van der Waals surface area contributed by atoms with E-state index >= 15 is 0 Å². The van der Waals surface area contributed by atoms with Gasteiger partial charge in [0.05, 0.1) is 20.4 Å². The molecule has 1 aromatic carbocycles. The molecule has 0 aliphatic rings. The SMILES string of the molecule is CCNC(=NCCCc1cnn(C)c1)NCCc1ccc(OC)c(OC)c1. The number of aromatic nitrogens is 2. The van der Waals surface area contributed by atoms with Crippen LogP contribution in [0, 0.1) is 0 Å². The van der Waals surface area contributed by atoms with Gasteiger partial charge in [-0.2, -0.15) is 5.10 Å². The van der Waals surface area contributed by atoms with E-state index in [1.54, 1.807) is 14.2 Å². The molecule has 27 heavy (non-hydrogen) atoms. The summed E-state index contributed by atoms with van der Waals surface area (Å²) >= 11 is 0. The lowest BCUT2D eigenvalue weighted by atomic mass is 10.1. The van der Waals surface area contributed by atoms with Crippen LogP contribution < -0.4 is 20.1 Å². The molecule has 0 amide bonds. The number of methoxy groups -OCH3 is 2. The van der Waals surface area contributed by atoms with Crippen molar-refractivity contribution >= 4 is 5.96 Å². The fraction of sp³-hybridized carbons (Fsp3) is 0.500. The summed E-state index contributed by atoms with van der Waals surface area (Å²) in [7, 11) is 5.24. The molecule has 0 bridgehead atoms. The van der Waals surface area contributed by atoms with Crippen molar-refractivity contribution in [2.75, 3.05) is 33.9 Å². The van der Waals surface area contributed by atoms with Gasteiger partial charge in [-0.25, -0.2) is 0 Å². The molecule has 0 aliphatic carbocycles. The number of guanidine groups is 1. The lowest BCUT2D eigenvalue weighted by Crippen LogP contribution is -2.38. The van der Waals surface area contributed by atoms with Crippen molar-refractivity contribution in [1.82, 2.24) is 20.4 Å². The van der Waals surface area contributed by atoms with Crippen LogP contribution in [0.5, 0.6) is 11.5 Å². The molecule has 0 atom stereocenters. The summed E-state index contributed by atoms with van der Waals surface area (Å²) in [6.07, 6.45) is 6.83. The maximum Gasteiger partial charge on any atom is 0.191 e. The second-order valence-electron chi connectivity index (χ2n) is 6.25. The highest BCUT2D eigenvalue weighted by atomic mass is 16.5. The molecule has 0 fully saturated rings. The molecule has 0 spiro atoms. The van der Waals surface area contributed by atoms with Crippen LogP contribution in [0.15, 0.2) is 35.6 Å². The first kappa shape index (κ1) is 20.6. The zero-order chi connectivity index (χ0) is 19.5. The van der Waals surface area contributed by atoms with E-state index in [0.717, 1.165) is 56.4 Å². The number of nitrogens with zero attached hydrogens (tertiary/aromatic N) is 3. The number of benzene rings is 1. The van der Waals surface area contributed by atoms with Gasteiger partial charge in [-0.05, 0) is 49.4 Å². The molecule has 7 heteroatoms. The Kier molecular flexibility index (Phi) is 8.48. The summed E-state index contributed by atoms with van der Waals surface area (Å²) in [5.74, 6) is 2.35. The third kappa shape index (κ3) is 6.84. The molecule has 148 valence electrons. The van der Waals surface area contributed by atoms with Crippen LogP contribution in [-0.2, 0) is 19.9 Å². The normalized spacial score (nSPS) is 11.3. The Labute approximate surface area is 161 Å². The Morgan fingerprint density at radius 1 is 1.11 bits per heavy atom. The molecule has 0 aliphatic heterocycles. The number of rotatable bonds is 10. The summed E-state index contributed by atoms with van der Waals surface area (Å²) in [6, 6.07) is 6.01. The number of aryl methyl sites for hydroxylation is 2. The van der Waals surface area contributed by atoms with E-state index in [2.05, 4.69) is 39.9 Å². The third-order valence-electron chi connectivity index (χ3n) is 4.15. The van der Waals surface area contributed by atoms with Gasteiger partial charge < -0.3 is 20.1 Å². The van der Waals surface area contributed by atoms with Crippen molar-refractivity contribution < 1.29 is 9.47 Å². The molecule has 0 saturated carbocycles. The summed E-state index contributed by atoms with van der Waals surface area (Å²) < 4.78 is 12.5. The van der Waals surface area contributed by atoms with Crippen LogP contribution in [0.4, 0.5) is 0 Å². The Balaban J connectivity index is 1.79. The van der Waals surface area contributed by atoms with Gasteiger partial charge in [-0.15, -0.1) is 0 Å².